The molecule has 0 bridgehead atoms. The van der Waals surface area contributed by atoms with Crippen LogP contribution in [0, 0.1) is 0 Å². The fraction of sp³-hybridized carbons (Fsp3) is 0.417. The van der Waals surface area contributed by atoms with Gasteiger partial charge in [-0.05, 0) is 30.5 Å². The Morgan fingerprint density at radius 3 is 2.44 bits per heavy atom. The minimum Gasteiger partial charge on any atom is -0.385 e. The van der Waals surface area contributed by atoms with Crippen LogP contribution >= 0.6 is 11.6 Å². The zero-order chi connectivity index (χ0) is 12.2. The first-order chi connectivity index (χ1) is 7.48. The Balaban J connectivity index is 2.86. The van der Waals surface area contributed by atoms with Crippen molar-refractivity contribution in [2.24, 2.45) is 5.73 Å². The van der Waals surface area contributed by atoms with Crippen molar-refractivity contribution in [3.8, 4) is 0 Å². The van der Waals surface area contributed by atoms with Gasteiger partial charge in [0.05, 0.1) is 5.60 Å². The summed E-state index contributed by atoms with van der Waals surface area (Å²) in [7, 11) is 0. The Kier molecular flexibility index (Phi) is 4.33. The van der Waals surface area contributed by atoms with E-state index in [-0.39, 0.29) is 6.42 Å². The van der Waals surface area contributed by atoms with Crippen molar-refractivity contribution < 1.29 is 9.90 Å². The highest BCUT2D eigenvalue weighted by molar-refractivity contribution is 6.30. The summed E-state index contributed by atoms with van der Waals surface area (Å²) in [4.78, 5) is 10.7. The van der Waals surface area contributed by atoms with E-state index < -0.39 is 11.5 Å². The van der Waals surface area contributed by atoms with Crippen LogP contribution in [0.2, 0.25) is 5.02 Å². The van der Waals surface area contributed by atoms with Gasteiger partial charge in [0, 0.05) is 11.4 Å². The van der Waals surface area contributed by atoms with Crippen LogP contribution in [0.15, 0.2) is 24.3 Å². The molecule has 0 heterocycles. The van der Waals surface area contributed by atoms with Crippen molar-refractivity contribution in [2.45, 2.75) is 31.8 Å². The number of rotatable bonds is 5. The van der Waals surface area contributed by atoms with Crippen LogP contribution < -0.4 is 5.73 Å². The highest BCUT2D eigenvalue weighted by Crippen LogP contribution is 2.30. The lowest BCUT2D eigenvalue weighted by molar-refractivity contribution is -0.119. The van der Waals surface area contributed by atoms with E-state index >= 15 is 0 Å². The number of nitrogens with two attached hydrogens (primary N) is 1. The first-order valence-corrected chi connectivity index (χ1v) is 5.62. The van der Waals surface area contributed by atoms with E-state index in [1.807, 2.05) is 6.92 Å². The fourth-order valence-corrected chi connectivity index (χ4v) is 1.74. The van der Waals surface area contributed by atoms with E-state index in [0.29, 0.717) is 17.9 Å². The lowest BCUT2D eigenvalue weighted by Gasteiger charge is -2.27. The van der Waals surface area contributed by atoms with E-state index in [2.05, 4.69) is 0 Å². The first kappa shape index (κ1) is 13.0. The molecular weight excluding hydrogens is 226 g/mol. The highest BCUT2D eigenvalue weighted by atomic mass is 35.5. The van der Waals surface area contributed by atoms with E-state index in [4.69, 9.17) is 17.3 Å². The predicted molar refractivity (Wildman–Crippen MR) is 64.1 cm³/mol. The van der Waals surface area contributed by atoms with Crippen molar-refractivity contribution >= 4 is 17.5 Å². The molecule has 0 aliphatic carbocycles. The molecule has 1 aromatic rings. The number of halogens is 1. The number of benzene rings is 1. The maximum Gasteiger partial charge on any atom is 0.217 e. The Morgan fingerprint density at radius 1 is 1.44 bits per heavy atom. The summed E-state index contributed by atoms with van der Waals surface area (Å²) in [5.41, 5.74) is 4.85. The van der Waals surface area contributed by atoms with Crippen LogP contribution in [0.5, 0.6) is 0 Å². The van der Waals surface area contributed by atoms with E-state index in [1.165, 1.54) is 0 Å². The lowest BCUT2D eigenvalue weighted by atomic mass is 9.87. The van der Waals surface area contributed by atoms with Crippen molar-refractivity contribution in [1.82, 2.24) is 0 Å². The second kappa shape index (κ2) is 5.32. The molecule has 1 amide bonds. The van der Waals surface area contributed by atoms with Gasteiger partial charge < -0.3 is 10.8 Å². The topological polar surface area (TPSA) is 63.3 Å². The van der Waals surface area contributed by atoms with Gasteiger partial charge in [0.1, 0.15) is 0 Å². The number of carbonyl (C=O) groups excluding carboxylic acids is 1. The lowest BCUT2D eigenvalue weighted by Crippen LogP contribution is -2.27. The van der Waals surface area contributed by atoms with E-state index in [1.54, 1.807) is 24.3 Å². The van der Waals surface area contributed by atoms with Crippen LogP contribution in [-0.4, -0.2) is 11.0 Å². The molecule has 0 saturated heterocycles. The van der Waals surface area contributed by atoms with Gasteiger partial charge in [-0.25, -0.2) is 0 Å². The molecule has 1 atom stereocenters. The number of carbonyl (C=O) groups is 1. The second-order valence-electron chi connectivity index (χ2n) is 3.86. The minimum atomic E-state index is -1.00. The number of amides is 1. The Morgan fingerprint density at radius 2 is 2.00 bits per heavy atom. The molecule has 1 unspecified atom stereocenters. The Bertz CT molecular complexity index is 364. The Hall–Kier alpha value is -1.06. The summed E-state index contributed by atoms with van der Waals surface area (Å²) < 4.78 is 0. The zero-order valence-corrected chi connectivity index (χ0v) is 10.00. The fourth-order valence-electron chi connectivity index (χ4n) is 1.62. The van der Waals surface area contributed by atoms with Crippen molar-refractivity contribution in [3.05, 3.63) is 34.9 Å². The van der Waals surface area contributed by atoms with Gasteiger partial charge in [-0.1, -0.05) is 30.7 Å². The summed E-state index contributed by atoms with van der Waals surface area (Å²) >= 11 is 5.78. The first-order valence-electron chi connectivity index (χ1n) is 5.24. The number of primary amides is 1. The largest absolute Gasteiger partial charge is 0.385 e. The number of hydrogen-bond acceptors (Lipinski definition) is 2. The molecule has 0 fully saturated rings. The molecule has 0 saturated carbocycles. The van der Waals surface area contributed by atoms with Gasteiger partial charge >= 0.3 is 0 Å². The summed E-state index contributed by atoms with van der Waals surface area (Å²) in [6, 6.07) is 6.99. The van der Waals surface area contributed by atoms with Crippen LogP contribution in [0.3, 0.4) is 0 Å². The molecule has 88 valence electrons. The van der Waals surface area contributed by atoms with E-state index in [9.17, 15) is 9.90 Å². The highest BCUT2D eigenvalue weighted by Gasteiger charge is 2.27. The van der Waals surface area contributed by atoms with Crippen LogP contribution in [0.4, 0.5) is 0 Å². The molecule has 0 aliphatic heterocycles. The molecule has 1 aromatic carbocycles. The van der Waals surface area contributed by atoms with Gasteiger partial charge in [0.2, 0.25) is 5.91 Å². The standard InChI is InChI=1S/C12H16ClNO2/c1-2-12(16,8-7-11(14)15)9-3-5-10(13)6-4-9/h3-6,16H,2,7-8H2,1H3,(H2,14,15). The van der Waals surface area contributed by atoms with Gasteiger partial charge in [0.15, 0.2) is 0 Å². The van der Waals surface area contributed by atoms with Gasteiger partial charge in [-0.3, -0.25) is 4.79 Å². The molecule has 0 spiro atoms. The van der Waals surface area contributed by atoms with Crippen LogP contribution in [0.1, 0.15) is 31.7 Å². The summed E-state index contributed by atoms with van der Waals surface area (Å²) in [5, 5.41) is 11.0. The average molecular weight is 242 g/mol. The molecule has 16 heavy (non-hydrogen) atoms. The quantitative estimate of drug-likeness (QED) is 0.830. The minimum absolute atomic E-state index is 0.174. The summed E-state index contributed by atoms with van der Waals surface area (Å²) in [6.07, 6.45) is 1.04. The number of hydrogen-bond donors (Lipinski definition) is 2. The molecule has 1 rings (SSSR count). The van der Waals surface area contributed by atoms with Gasteiger partial charge in [0.25, 0.3) is 0 Å². The monoisotopic (exact) mass is 241 g/mol. The molecule has 3 N–H and O–H groups in total. The average Bonchev–Trinajstić information content (AvgIpc) is 2.27. The van der Waals surface area contributed by atoms with Gasteiger partial charge in [-0.15, -0.1) is 0 Å². The smallest absolute Gasteiger partial charge is 0.217 e. The van der Waals surface area contributed by atoms with Crippen molar-refractivity contribution in [1.29, 1.82) is 0 Å². The summed E-state index contributed by atoms with van der Waals surface area (Å²) in [6.45, 7) is 1.87. The summed E-state index contributed by atoms with van der Waals surface area (Å²) in [5.74, 6) is -0.402. The van der Waals surface area contributed by atoms with Crippen molar-refractivity contribution in [3.63, 3.8) is 0 Å². The zero-order valence-electron chi connectivity index (χ0n) is 9.24. The number of aliphatic hydroxyl groups is 1. The van der Waals surface area contributed by atoms with Crippen molar-refractivity contribution in [2.75, 3.05) is 0 Å². The van der Waals surface area contributed by atoms with E-state index in [0.717, 1.165) is 5.56 Å². The third-order valence-corrected chi connectivity index (χ3v) is 3.00. The Labute approximate surface area is 100 Å². The van der Waals surface area contributed by atoms with Crippen LogP contribution in [-0.2, 0) is 10.4 Å². The molecule has 4 heteroatoms. The molecule has 0 radical (unpaired) electrons. The molecule has 0 aliphatic rings. The second-order valence-corrected chi connectivity index (χ2v) is 4.29. The normalized spacial score (nSPS) is 14.4. The van der Waals surface area contributed by atoms with Gasteiger partial charge in [-0.2, -0.15) is 0 Å². The maximum absolute atomic E-state index is 10.7. The third-order valence-electron chi connectivity index (χ3n) is 2.75. The molecule has 3 nitrogen and oxygen atoms in total. The molecular formula is C12H16ClNO2. The predicted octanol–water partition coefficient (Wildman–Crippen LogP) is 2.20. The third kappa shape index (κ3) is 3.22. The van der Waals surface area contributed by atoms with Crippen LogP contribution in [0.25, 0.3) is 0 Å². The maximum atomic E-state index is 10.7. The SMILES string of the molecule is CCC(O)(CCC(N)=O)c1ccc(Cl)cc1. The molecule has 0 aromatic heterocycles.